The monoisotopic (exact) mass is 418 g/mol. The van der Waals surface area contributed by atoms with Crippen molar-refractivity contribution in [3.8, 4) is 0 Å². The molecule has 6 heteroatoms. The van der Waals surface area contributed by atoms with Gasteiger partial charge in [-0.3, -0.25) is 4.68 Å². The number of aliphatic hydroxyl groups is 1. The molecule has 2 rings (SSSR count). The van der Waals surface area contributed by atoms with Crippen LogP contribution >= 0.6 is 31.9 Å². The smallest absolute Gasteiger partial charge is 0.123 e. The SMILES string of the molecule is CCc1nn(CC)c(CC(O)c2cc(F)ccc2Br)c1Br. The van der Waals surface area contributed by atoms with Gasteiger partial charge in [-0.25, -0.2) is 4.39 Å². The topological polar surface area (TPSA) is 38.0 Å². The molecule has 0 aliphatic carbocycles. The Morgan fingerprint density at radius 1 is 1.33 bits per heavy atom. The third-order valence-electron chi connectivity index (χ3n) is 3.40. The molecular weight excluding hydrogens is 403 g/mol. The molecule has 1 aromatic heterocycles. The minimum Gasteiger partial charge on any atom is -0.388 e. The predicted molar refractivity (Wildman–Crippen MR) is 87.7 cm³/mol. The highest BCUT2D eigenvalue weighted by Crippen LogP contribution is 2.30. The highest BCUT2D eigenvalue weighted by atomic mass is 79.9. The summed E-state index contributed by atoms with van der Waals surface area (Å²) in [5.41, 5.74) is 2.44. The van der Waals surface area contributed by atoms with Crippen LogP contribution in [0.15, 0.2) is 27.1 Å². The molecule has 0 bridgehead atoms. The van der Waals surface area contributed by atoms with Gasteiger partial charge in [0.05, 0.1) is 22.0 Å². The summed E-state index contributed by atoms with van der Waals surface area (Å²) in [6.45, 7) is 4.77. The van der Waals surface area contributed by atoms with Crippen LogP contribution in [-0.4, -0.2) is 14.9 Å². The van der Waals surface area contributed by atoms with E-state index in [0.717, 1.165) is 28.8 Å². The van der Waals surface area contributed by atoms with E-state index in [2.05, 4.69) is 37.0 Å². The lowest BCUT2D eigenvalue weighted by molar-refractivity contribution is 0.174. The van der Waals surface area contributed by atoms with Gasteiger partial charge < -0.3 is 5.11 Å². The Morgan fingerprint density at radius 2 is 2.05 bits per heavy atom. The molecule has 1 unspecified atom stereocenters. The van der Waals surface area contributed by atoms with Crippen molar-refractivity contribution in [3.63, 3.8) is 0 Å². The van der Waals surface area contributed by atoms with Gasteiger partial charge in [0, 0.05) is 17.4 Å². The molecule has 0 fully saturated rings. The minimum atomic E-state index is -0.793. The number of hydrogen-bond donors (Lipinski definition) is 1. The number of aliphatic hydroxyl groups excluding tert-OH is 1. The van der Waals surface area contributed by atoms with Crippen molar-refractivity contribution >= 4 is 31.9 Å². The number of rotatable bonds is 5. The lowest BCUT2D eigenvalue weighted by Crippen LogP contribution is -2.09. The number of benzene rings is 1. The van der Waals surface area contributed by atoms with Gasteiger partial charge in [-0.1, -0.05) is 22.9 Å². The second-order valence-electron chi connectivity index (χ2n) is 4.76. The van der Waals surface area contributed by atoms with Gasteiger partial charge in [0.15, 0.2) is 0 Å². The van der Waals surface area contributed by atoms with Gasteiger partial charge in [-0.2, -0.15) is 5.10 Å². The maximum Gasteiger partial charge on any atom is 0.123 e. The first-order chi connectivity index (χ1) is 9.97. The molecule has 1 atom stereocenters. The molecule has 21 heavy (non-hydrogen) atoms. The summed E-state index contributed by atoms with van der Waals surface area (Å²) in [5, 5.41) is 15.0. The van der Waals surface area contributed by atoms with E-state index in [1.54, 1.807) is 6.07 Å². The summed E-state index contributed by atoms with van der Waals surface area (Å²) in [4.78, 5) is 0. The maximum absolute atomic E-state index is 13.4. The normalized spacial score (nSPS) is 12.7. The molecule has 0 saturated heterocycles. The molecule has 0 aliphatic rings. The lowest BCUT2D eigenvalue weighted by Gasteiger charge is -2.14. The van der Waals surface area contributed by atoms with Crippen molar-refractivity contribution in [1.82, 2.24) is 9.78 Å². The fraction of sp³-hybridized carbons (Fsp3) is 0.400. The highest BCUT2D eigenvalue weighted by molar-refractivity contribution is 9.10. The highest BCUT2D eigenvalue weighted by Gasteiger charge is 2.20. The molecule has 1 heterocycles. The Labute approximate surface area is 140 Å². The first-order valence-corrected chi connectivity index (χ1v) is 8.43. The van der Waals surface area contributed by atoms with Gasteiger partial charge in [0.1, 0.15) is 5.82 Å². The second-order valence-corrected chi connectivity index (χ2v) is 6.41. The number of nitrogens with zero attached hydrogens (tertiary/aromatic N) is 2. The van der Waals surface area contributed by atoms with E-state index in [1.165, 1.54) is 12.1 Å². The summed E-state index contributed by atoms with van der Waals surface area (Å²) >= 11 is 6.91. The standard InChI is InChI=1S/C15H17Br2FN2O/c1-3-12-15(17)13(20(4-2)19-12)8-14(21)10-7-9(18)5-6-11(10)16/h5-7,14,21H,3-4,8H2,1-2H3. The van der Waals surface area contributed by atoms with E-state index >= 15 is 0 Å². The zero-order valence-electron chi connectivity index (χ0n) is 11.9. The average Bonchev–Trinajstić information content (AvgIpc) is 2.77. The fourth-order valence-electron chi connectivity index (χ4n) is 2.28. The third-order valence-corrected chi connectivity index (χ3v) is 5.04. The van der Waals surface area contributed by atoms with E-state index in [4.69, 9.17) is 0 Å². The molecule has 0 saturated carbocycles. The summed E-state index contributed by atoms with van der Waals surface area (Å²) in [5.74, 6) is -0.357. The fourth-order valence-corrected chi connectivity index (χ4v) is 3.51. The van der Waals surface area contributed by atoms with Crippen molar-refractivity contribution in [3.05, 3.63) is 49.9 Å². The second kappa shape index (κ2) is 7.03. The van der Waals surface area contributed by atoms with E-state index in [1.807, 2.05) is 18.5 Å². The van der Waals surface area contributed by atoms with Crippen molar-refractivity contribution in [2.75, 3.05) is 0 Å². The van der Waals surface area contributed by atoms with Crippen LogP contribution < -0.4 is 0 Å². The van der Waals surface area contributed by atoms with Crippen molar-refractivity contribution in [2.45, 2.75) is 39.3 Å². The van der Waals surface area contributed by atoms with Crippen LogP contribution in [0.5, 0.6) is 0 Å². The average molecular weight is 420 g/mol. The lowest BCUT2D eigenvalue weighted by atomic mass is 10.0. The van der Waals surface area contributed by atoms with Crippen LogP contribution in [0.2, 0.25) is 0 Å². The van der Waals surface area contributed by atoms with Gasteiger partial charge in [0.25, 0.3) is 0 Å². The van der Waals surface area contributed by atoms with E-state index in [9.17, 15) is 9.50 Å². The number of aryl methyl sites for hydroxylation is 2. The molecule has 0 spiro atoms. The number of halogens is 3. The molecule has 0 amide bonds. The zero-order chi connectivity index (χ0) is 15.6. The van der Waals surface area contributed by atoms with Crippen molar-refractivity contribution in [2.24, 2.45) is 0 Å². The summed E-state index contributed by atoms with van der Waals surface area (Å²) in [7, 11) is 0. The summed E-state index contributed by atoms with van der Waals surface area (Å²) in [6, 6.07) is 4.33. The Kier molecular flexibility index (Phi) is 5.57. The van der Waals surface area contributed by atoms with Crippen LogP contribution in [0.25, 0.3) is 0 Å². The van der Waals surface area contributed by atoms with Crippen LogP contribution in [0.4, 0.5) is 4.39 Å². The number of hydrogen-bond acceptors (Lipinski definition) is 2. The Bertz CT molecular complexity index is 643. The molecule has 0 aliphatic heterocycles. The van der Waals surface area contributed by atoms with Gasteiger partial charge in [0.2, 0.25) is 0 Å². The van der Waals surface area contributed by atoms with E-state index in [-0.39, 0.29) is 5.82 Å². The molecule has 0 radical (unpaired) electrons. The first kappa shape index (κ1) is 16.6. The Balaban J connectivity index is 2.33. The van der Waals surface area contributed by atoms with Crippen LogP contribution in [0.3, 0.4) is 0 Å². The van der Waals surface area contributed by atoms with Crippen LogP contribution in [0, 0.1) is 5.82 Å². The minimum absolute atomic E-state index is 0.357. The van der Waals surface area contributed by atoms with Gasteiger partial charge >= 0.3 is 0 Å². The maximum atomic E-state index is 13.4. The third kappa shape index (κ3) is 3.55. The van der Waals surface area contributed by atoms with Crippen molar-refractivity contribution in [1.29, 1.82) is 0 Å². The van der Waals surface area contributed by atoms with Gasteiger partial charge in [-0.15, -0.1) is 0 Å². The predicted octanol–water partition coefficient (Wildman–Crippen LogP) is 4.41. The Hall–Kier alpha value is -0.720. The van der Waals surface area contributed by atoms with Crippen LogP contribution in [-0.2, 0) is 19.4 Å². The Morgan fingerprint density at radius 3 is 2.67 bits per heavy atom. The van der Waals surface area contributed by atoms with Crippen molar-refractivity contribution < 1.29 is 9.50 Å². The first-order valence-electron chi connectivity index (χ1n) is 6.84. The molecule has 2 aromatic rings. The largest absolute Gasteiger partial charge is 0.388 e. The molecule has 114 valence electrons. The molecule has 3 nitrogen and oxygen atoms in total. The van der Waals surface area contributed by atoms with Gasteiger partial charge in [-0.05, 0) is 53.0 Å². The molecule has 1 N–H and O–H groups in total. The molecular formula is C15H17Br2FN2O. The zero-order valence-corrected chi connectivity index (χ0v) is 15.1. The quantitative estimate of drug-likeness (QED) is 0.779. The van der Waals surface area contributed by atoms with Crippen LogP contribution in [0.1, 0.15) is 36.9 Å². The summed E-state index contributed by atoms with van der Waals surface area (Å²) in [6.07, 6.45) is 0.405. The number of aromatic nitrogens is 2. The molecule has 1 aromatic carbocycles. The summed E-state index contributed by atoms with van der Waals surface area (Å²) < 4.78 is 16.9. The van der Waals surface area contributed by atoms with E-state index < -0.39 is 6.10 Å². The van der Waals surface area contributed by atoms with E-state index in [0.29, 0.717) is 16.5 Å².